The fourth-order valence-corrected chi connectivity index (χ4v) is 2.67. The SMILES string of the molecule is COc1ccc(-c2cnc3sc(C)cn23)cc1. The predicted molar refractivity (Wildman–Crippen MR) is 69.8 cm³/mol. The van der Waals surface area contributed by atoms with Gasteiger partial charge in [-0.25, -0.2) is 4.98 Å². The van der Waals surface area contributed by atoms with Crippen molar-refractivity contribution in [2.24, 2.45) is 0 Å². The maximum absolute atomic E-state index is 5.16. The monoisotopic (exact) mass is 244 g/mol. The number of fused-ring (bicyclic) bond motifs is 1. The number of methoxy groups -OCH3 is 1. The van der Waals surface area contributed by atoms with Gasteiger partial charge in [0.25, 0.3) is 0 Å². The molecule has 0 fully saturated rings. The van der Waals surface area contributed by atoms with E-state index in [-0.39, 0.29) is 0 Å². The number of rotatable bonds is 2. The van der Waals surface area contributed by atoms with Crippen molar-refractivity contribution in [3.05, 3.63) is 41.5 Å². The molecule has 0 bridgehead atoms. The lowest BCUT2D eigenvalue weighted by molar-refractivity contribution is 0.415. The highest BCUT2D eigenvalue weighted by molar-refractivity contribution is 7.17. The number of benzene rings is 1. The molecule has 0 aliphatic carbocycles. The molecule has 0 aliphatic heterocycles. The summed E-state index contributed by atoms with van der Waals surface area (Å²) in [5.41, 5.74) is 2.27. The minimum atomic E-state index is 0.871. The minimum absolute atomic E-state index is 0.871. The van der Waals surface area contributed by atoms with Gasteiger partial charge in [-0.15, -0.1) is 11.3 Å². The van der Waals surface area contributed by atoms with Crippen molar-refractivity contribution < 1.29 is 4.74 Å². The molecule has 86 valence electrons. The summed E-state index contributed by atoms with van der Waals surface area (Å²) in [6, 6.07) is 8.03. The third-order valence-electron chi connectivity index (χ3n) is 2.71. The second kappa shape index (κ2) is 3.89. The van der Waals surface area contributed by atoms with Gasteiger partial charge in [-0.1, -0.05) is 0 Å². The second-order valence-electron chi connectivity index (χ2n) is 3.87. The standard InChI is InChI=1S/C13H12N2OS/c1-9-8-15-12(7-14-13(15)17-9)10-3-5-11(16-2)6-4-10/h3-8H,1-2H3. The molecule has 2 aromatic heterocycles. The van der Waals surface area contributed by atoms with E-state index in [0.717, 1.165) is 22.0 Å². The molecule has 1 aromatic carbocycles. The van der Waals surface area contributed by atoms with Gasteiger partial charge in [-0.3, -0.25) is 4.40 Å². The highest BCUT2D eigenvalue weighted by Crippen LogP contribution is 2.26. The number of aromatic nitrogens is 2. The normalized spacial score (nSPS) is 10.9. The number of aryl methyl sites for hydroxylation is 1. The Kier molecular flexibility index (Phi) is 2.37. The number of hydrogen-bond donors (Lipinski definition) is 0. The van der Waals surface area contributed by atoms with Crippen LogP contribution in [0.15, 0.2) is 36.7 Å². The van der Waals surface area contributed by atoms with Crippen LogP contribution in [0.5, 0.6) is 5.75 Å². The van der Waals surface area contributed by atoms with Gasteiger partial charge in [0, 0.05) is 16.6 Å². The number of nitrogens with zero attached hydrogens (tertiary/aromatic N) is 2. The van der Waals surface area contributed by atoms with E-state index in [2.05, 4.69) is 34.6 Å². The van der Waals surface area contributed by atoms with Crippen LogP contribution in [-0.2, 0) is 0 Å². The van der Waals surface area contributed by atoms with Crippen molar-refractivity contribution >= 4 is 16.3 Å². The molecule has 0 aliphatic rings. The Morgan fingerprint density at radius 2 is 2.00 bits per heavy atom. The first-order valence-corrected chi connectivity index (χ1v) is 6.17. The van der Waals surface area contributed by atoms with Gasteiger partial charge in [-0.2, -0.15) is 0 Å². The lowest BCUT2D eigenvalue weighted by Crippen LogP contribution is -1.85. The average molecular weight is 244 g/mol. The summed E-state index contributed by atoms with van der Waals surface area (Å²) in [4.78, 5) is 6.71. The lowest BCUT2D eigenvalue weighted by Gasteiger charge is -2.02. The van der Waals surface area contributed by atoms with Crippen molar-refractivity contribution in [2.45, 2.75) is 6.92 Å². The molecule has 2 heterocycles. The van der Waals surface area contributed by atoms with Crippen LogP contribution < -0.4 is 4.74 Å². The van der Waals surface area contributed by atoms with Crippen LogP contribution in [0.25, 0.3) is 16.2 Å². The van der Waals surface area contributed by atoms with Crippen LogP contribution in [0.4, 0.5) is 0 Å². The molecule has 17 heavy (non-hydrogen) atoms. The van der Waals surface area contributed by atoms with Gasteiger partial charge in [0.2, 0.25) is 0 Å². The lowest BCUT2D eigenvalue weighted by atomic mass is 10.1. The van der Waals surface area contributed by atoms with Crippen LogP contribution in [0.1, 0.15) is 4.88 Å². The predicted octanol–water partition coefficient (Wildman–Crippen LogP) is 3.38. The van der Waals surface area contributed by atoms with Gasteiger partial charge in [-0.05, 0) is 31.2 Å². The van der Waals surface area contributed by atoms with Gasteiger partial charge in [0.05, 0.1) is 19.0 Å². The first kappa shape index (κ1) is 10.4. The third kappa shape index (κ3) is 1.70. The van der Waals surface area contributed by atoms with Crippen molar-refractivity contribution in [3.63, 3.8) is 0 Å². The molecule has 0 unspecified atom stereocenters. The molecule has 0 radical (unpaired) electrons. The molecule has 3 rings (SSSR count). The summed E-state index contributed by atoms with van der Waals surface area (Å²) < 4.78 is 7.28. The zero-order valence-electron chi connectivity index (χ0n) is 9.68. The Morgan fingerprint density at radius 3 is 2.71 bits per heavy atom. The molecule has 4 heteroatoms. The van der Waals surface area contributed by atoms with Gasteiger partial charge in [0.15, 0.2) is 4.96 Å². The fourth-order valence-electron chi connectivity index (χ4n) is 1.87. The zero-order valence-corrected chi connectivity index (χ0v) is 10.5. The van der Waals surface area contributed by atoms with Gasteiger partial charge in [0.1, 0.15) is 5.75 Å². The van der Waals surface area contributed by atoms with Gasteiger partial charge >= 0.3 is 0 Å². The number of hydrogen-bond acceptors (Lipinski definition) is 3. The third-order valence-corrected chi connectivity index (χ3v) is 3.62. The van der Waals surface area contributed by atoms with E-state index < -0.39 is 0 Å². The molecule has 3 nitrogen and oxygen atoms in total. The maximum Gasteiger partial charge on any atom is 0.194 e. The minimum Gasteiger partial charge on any atom is -0.497 e. The summed E-state index contributed by atoms with van der Waals surface area (Å²) in [6.07, 6.45) is 4.03. The van der Waals surface area contributed by atoms with Crippen LogP contribution in [-0.4, -0.2) is 16.5 Å². The van der Waals surface area contributed by atoms with Gasteiger partial charge < -0.3 is 4.74 Å². The molecular weight excluding hydrogens is 232 g/mol. The van der Waals surface area contributed by atoms with Crippen molar-refractivity contribution in [1.29, 1.82) is 0 Å². The van der Waals surface area contributed by atoms with Crippen molar-refractivity contribution in [2.75, 3.05) is 7.11 Å². The highest BCUT2D eigenvalue weighted by Gasteiger charge is 2.07. The molecule has 0 amide bonds. The Hall–Kier alpha value is -1.81. The Morgan fingerprint density at radius 1 is 1.24 bits per heavy atom. The molecule has 0 saturated carbocycles. The largest absolute Gasteiger partial charge is 0.497 e. The van der Waals surface area contributed by atoms with E-state index in [4.69, 9.17) is 4.74 Å². The summed E-state index contributed by atoms with van der Waals surface area (Å²) in [5, 5.41) is 0. The van der Waals surface area contributed by atoms with E-state index in [0.29, 0.717) is 0 Å². The number of imidazole rings is 1. The van der Waals surface area contributed by atoms with E-state index in [9.17, 15) is 0 Å². The molecule has 0 atom stereocenters. The summed E-state index contributed by atoms with van der Waals surface area (Å²) in [6.45, 7) is 2.09. The Balaban J connectivity index is 2.12. The highest BCUT2D eigenvalue weighted by atomic mass is 32.1. The van der Waals surface area contributed by atoms with Crippen LogP contribution in [0, 0.1) is 6.92 Å². The van der Waals surface area contributed by atoms with Crippen LogP contribution >= 0.6 is 11.3 Å². The van der Waals surface area contributed by atoms with E-state index in [1.807, 2.05) is 18.3 Å². The Labute approximate surface area is 103 Å². The van der Waals surface area contributed by atoms with Crippen LogP contribution in [0.3, 0.4) is 0 Å². The fraction of sp³-hybridized carbons (Fsp3) is 0.154. The van der Waals surface area contributed by atoms with E-state index in [1.165, 1.54) is 4.88 Å². The topological polar surface area (TPSA) is 26.5 Å². The van der Waals surface area contributed by atoms with Crippen LogP contribution in [0.2, 0.25) is 0 Å². The van der Waals surface area contributed by atoms with E-state index >= 15 is 0 Å². The first-order chi connectivity index (χ1) is 8.28. The maximum atomic E-state index is 5.16. The van der Waals surface area contributed by atoms with E-state index in [1.54, 1.807) is 18.4 Å². The Bertz CT molecular complexity index is 652. The first-order valence-electron chi connectivity index (χ1n) is 5.36. The molecule has 0 saturated heterocycles. The molecule has 0 spiro atoms. The molecule has 0 N–H and O–H groups in total. The zero-order chi connectivity index (χ0) is 11.8. The number of thiazole rings is 1. The van der Waals surface area contributed by atoms with Crippen molar-refractivity contribution in [3.8, 4) is 17.0 Å². The molecular formula is C13H12N2OS. The second-order valence-corrected chi connectivity index (χ2v) is 5.08. The summed E-state index contributed by atoms with van der Waals surface area (Å²) >= 11 is 1.70. The number of ether oxygens (including phenoxy) is 1. The summed E-state index contributed by atoms with van der Waals surface area (Å²) in [7, 11) is 1.67. The molecule has 3 aromatic rings. The van der Waals surface area contributed by atoms with Crippen molar-refractivity contribution in [1.82, 2.24) is 9.38 Å². The average Bonchev–Trinajstić information content (AvgIpc) is 2.88. The quantitative estimate of drug-likeness (QED) is 0.691. The summed E-state index contributed by atoms with van der Waals surface area (Å²) in [5.74, 6) is 0.871. The smallest absolute Gasteiger partial charge is 0.194 e.